The lowest BCUT2D eigenvalue weighted by Gasteiger charge is -2.34. The van der Waals surface area contributed by atoms with Crippen molar-refractivity contribution in [3.05, 3.63) is 35.9 Å². The highest BCUT2D eigenvalue weighted by molar-refractivity contribution is 7.89. The van der Waals surface area contributed by atoms with E-state index in [2.05, 4.69) is 17.0 Å². The summed E-state index contributed by atoms with van der Waals surface area (Å²) in [6, 6.07) is 6.39. The van der Waals surface area contributed by atoms with Gasteiger partial charge in [-0.25, -0.2) is 13.1 Å². The average Bonchev–Trinajstić information content (AvgIpc) is 2.53. The zero-order chi connectivity index (χ0) is 16.9. The van der Waals surface area contributed by atoms with Crippen LogP contribution >= 0.6 is 0 Å². The molecule has 1 aliphatic carbocycles. The molecular weight excluding hydrogens is 312 g/mol. The monoisotopic (exact) mass is 336 g/mol. The van der Waals surface area contributed by atoms with Gasteiger partial charge in [-0.1, -0.05) is 31.4 Å². The standard InChI is InChI=1S/C17H24N2O3S/c1-17(12-4-3-5-13-17)19-16(20)11-8-14-6-9-15(10-7-14)23(21,22)18-2/h6-11,18H,3-5,12-13H2,1-2H3,(H,19,20)/b11-8+. The molecule has 0 heterocycles. The number of rotatable bonds is 5. The lowest BCUT2D eigenvalue weighted by molar-refractivity contribution is -0.118. The molecule has 1 aromatic carbocycles. The number of amides is 1. The van der Waals surface area contributed by atoms with Crippen LogP contribution in [0.5, 0.6) is 0 Å². The first-order valence-corrected chi connectivity index (χ1v) is 9.37. The van der Waals surface area contributed by atoms with Crippen LogP contribution in [0.3, 0.4) is 0 Å². The number of carbonyl (C=O) groups is 1. The van der Waals surface area contributed by atoms with E-state index in [0.29, 0.717) is 0 Å². The van der Waals surface area contributed by atoms with E-state index in [9.17, 15) is 13.2 Å². The molecule has 1 aliphatic rings. The Labute approximate surface area is 138 Å². The molecule has 0 saturated heterocycles. The van der Waals surface area contributed by atoms with Gasteiger partial charge in [0.05, 0.1) is 4.90 Å². The van der Waals surface area contributed by atoms with Gasteiger partial charge in [0.15, 0.2) is 0 Å². The molecule has 2 rings (SSSR count). The molecule has 6 heteroatoms. The highest BCUT2D eigenvalue weighted by atomic mass is 32.2. The molecule has 0 spiro atoms. The fraction of sp³-hybridized carbons (Fsp3) is 0.471. The number of nitrogens with one attached hydrogen (secondary N) is 2. The smallest absolute Gasteiger partial charge is 0.244 e. The van der Waals surface area contributed by atoms with E-state index in [4.69, 9.17) is 0 Å². The van der Waals surface area contributed by atoms with Crippen molar-refractivity contribution in [3.8, 4) is 0 Å². The van der Waals surface area contributed by atoms with Crippen LogP contribution in [-0.2, 0) is 14.8 Å². The first-order chi connectivity index (χ1) is 10.8. The Bertz CT molecular complexity index is 672. The zero-order valence-electron chi connectivity index (χ0n) is 13.6. The lowest BCUT2D eigenvalue weighted by Crippen LogP contribution is -2.46. The largest absolute Gasteiger partial charge is 0.347 e. The van der Waals surface area contributed by atoms with Crippen molar-refractivity contribution < 1.29 is 13.2 Å². The van der Waals surface area contributed by atoms with Crippen LogP contribution in [0.4, 0.5) is 0 Å². The van der Waals surface area contributed by atoms with E-state index < -0.39 is 10.0 Å². The summed E-state index contributed by atoms with van der Waals surface area (Å²) < 4.78 is 25.6. The Balaban J connectivity index is 1.98. The maximum Gasteiger partial charge on any atom is 0.244 e. The van der Waals surface area contributed by atoms with Gasteiger partial charge >= 0.3 is 0 Å². The second-order valence-electron chi connectivity index (χ2n) is 6.22. The molecular formula is C17H24N2O3S. The molecule has 126 valence electrons. The van der Waals surface area contributed by atoms with E-state index in [1.165, 1.54) is 31.7 Å². The van der Waals surface area contributed by atoms with Gasteiger partial charge < -0.3 is 5.32 Å². The van der Waals surface area contributed by atoms with E-state index >= 15 is 0 Å². The van der Waals surface area contributed by atoms with Crippen LogP contribution in [0, 0.1) is 0 Å². The highest BCUT2D eigenvalue weighted by Crippen LogP contribution is 2.27. The van der Waals surface area contributed by atoms with Crippen molar-refractivity contribution >= 4 is 22.0 Å². The summed E-state index contributed by atoms with van der Waals surface area (Å²) in [5, 5.41) is 3.08. The van der Waals surface area contributed by atoms with Gasteiger partial charge in [-0.3, -0.25) is 4.79 Å². The van der Waals surface area contributed by atoms with Crippen molar-refractivity contribution in [2.45, 2.75) is 49.5 Å². The number of benzene rings is 1. The molecule has 0 atom stereocenters. The van der Waals surface area contributed by atoms with Gasteiger partial charge in [-0.05, 0) is 50.6 Å². The van der Waals surface area contributed by atoms with Crippen molar-refractivity contribution in [3.63, 3.8) is 0 Å². The molecule has 1 aromatic rings. The maximum atomic E-state index is 12.1. The van der Waals surface area contributed by atoms with E-state index in [-0.39, 0.29) is 16.3 Å². The Kier molecular flexibility index (Phi) is 5.59. The molecule has 0 radical (unpaired) electrons. The summed E-state index contributed by atoms with van der Waals surface area (Å²) >= 11 is 0. The van der Waals surface area contributed by atoms with Crippen LogP contribution < -0.4 is 10.0 Å². The van der Waals surface area contributed by atoms with Crippen molar-refractivity contribution in [1.29, 1.82) is 0 Å². The lowest BCUT2D eigenvalue weighted by atomic mass is 9.83. The van der Waals surface area contributed by atoms with Gasteiger partial charge in [-0.2, -0.15) is 0 Å². The van der Waals surface area contributed by atoms with Gasteiger partial charge in [0.25, 0.3) is 0 Å². The van der Waals surface area contributed by atoms with Gasteiger partial charge in [0.2, 0.25) is 15.9 Å². The summed E-state index contributed by atoms with van der Waals surface area (Å²) in [5.74, 6) is -0.110. The minimum absolute atomic E-state index is 0.107. The minimum Gasteiger partial charge on any atom is -0.347 e. The Hall–Kier alpha value is -1.66. The number of sulfonamides is 1. The predicted octanol–water partition coefficient (Wildman–Crippen LogP) is 2.45. The summed E-state index contributed by atoms with van der Waals surface area (Å²) in [6.07, 6.45) is 8.78. The molecule has 0 aromatic heterocycles. The third-order valence-electron chi connectivity index (χ3n) is 4.27. The second kappa shape index (κ2) is 7.27. The molecule has 1 saturated carbocycles. The van der Waals surface area contributed by atoms with Gasteiger partial charge in [0.1, 0.15) is 0 Å². The molecule has 1 amide bonds. The minimum atomic E-state index is -3.43. The third kappa shape index (κ3) is 4.91. The topological polar surface area (TPSA) is 75.3 Å². The fourth-order valence-corrected chi connectivity index (χ4v) is 3.57. The highest BCUT2D eigenvalue weighted by Gasteiger charge is 2.27. The molecule has 5 nitrogen and oxygen atoms in total. The molecule has 0 aliphatic heterocycles. The van der Waals surface area contributed by atoms with Crippen molar-refractivity contribution in [1.82, 2.24) is 10.0 Å². The summed E-state index contributed by atoms with van der Waals surface area (Å²) in [4.78, 5) is 12.3. The third-order valence-corrected chi connectivity index (χ3v) is 5.70. The van der Waals surface area contributed by atoms with E-state index in [0.717, 1.165) is 31.2 Å². The molecule has 1 fully saturated rings. The molecule has 23 heavy (non-hydrogen) atoms. The molecule has 0 bridgehead atoms. The molecule has 2 N–H and O–H groups in total. The summed E-state index contributed by atoms with van der Waals surface area (Å²) in [5.41, 5.74) is 0.675. The first kappa shape index (κ1) is 17.7. The second-order valence-corrected chi connectivity index (χ2v) is 8.11. The average molecular weight is 336 g/mol. The van der Waals surface area contributed by atoms with Gasteiger partial charge in [-0.15, -0.1) is 0 Å². The Morgan fingerprint density at radius 1 is 1.13 bits per heavy atom. The van der Waals surface area contributed by atoms with Crippen molar-refractivity contribution in [2.75, 3.05) is 7.05 Å². The zero-order valence-corrected chi connectivity index (χ0v) is 14.4. The normalized spacial score (nSPS) is 18.0. The predicted molar refractivity (Wildman–Crippen MR) is 91.4 cm³/mol. The fourth-order valence-electron chi connectivity index (χ4n) is 2.84. The quantitative estimate of drug-likeness (QED) is 0.811. The van der Waals surface area contributed by atoms with Crippen LogP contribution in [-0.4, -0.2) is 26.9 Å². The molecule has 0 unspecified atom stereocenters. The maximum absolute atomic E-state index is 12.1. The Morgan fingerprint density at radius 3 is 2.30 bits per heavy atom. The van der Waals surface area contributed by atoms with Crippen LogP contribution in [0.15, 0.2) is 35.2 Å². The van der Waals surface area contributed by atoms with Crippen molar-refractivity contribution in [2.24, 2.45) is 0 Å². The first-order valence-electron chi connectivity index (χ1n) is 7.88. The van der Waals surface area contributed by atoms with Crippen LogP contribution in [0.2, 0.25) is 0 Å². The number of carbonyl (C=O) groups excluding carboxylic acids is 1. The summed E-state index contributed by atoms with van der Waals surface area (Å²) in [7, 11) is -2.05. The van der Waals surface area contributed by atoms with E-state index in [1.807, 2.05) is 0 Å². The Morgan fingerprint density at radius 2 is 1.74 bits per heavy atom. The number of hydrogen-bond donors (Lipinski definition) is 2. The number of hydrogen-bond acceptors (Lipinski definition) is 3. The van der Waals surface area contributed by atoms with Crippen LogP contribution in [0.25, 0.3) is 6.08 Å². The van der Waals surface area contributed by atoms with Gasteiger partial charge in [0, 0.05) is 11.6 Å². The van der Waals surface area contributed by atoms with Crippen LogP contribution in [0.1, 0.15) is 44.6 Å². The summed E-state index contributed by atoms with van der Waals surface area (Å²) in [6.45, 7) is 2.09. The van der Waals surface area contributed by atoms with E-state index in [1.54, 1.807) is 18.2 Å². The SMILES string of the molecule is CNS(=O)(=O)c1ccc(/C=C/C(=O)NC2(C)CCCCC2)cc1.